The number of rotatable bonds is 4. The summed E-state index contributed by atoms with van der Waals surface area (Å²) in [5, 5.41) is 2.06. The zero-order chi connectivity index (χ0) is 28.2. The van der Waals surface area contributed by atoms with Crippen molar-refractivity contribution in [2.75, 3.05) is 0 Å². The van der Waals surface area contributed by atoms with E-state index in [1.165, 1.54) is 22.3 Å². The molecule has 0 aliphatic carbocycles. The van der Waals surface area contributed by atoms with Crippen LogP contribution < -0.4 is 0 Å². The van der Waals surface area contributed by atoms with Crippen LogP contribution in [0.25, 0.3) is 44.6 Å². The van der Waals surface area contributed by atoms with Crippen LogP contribution in [-0.2, 0) is 26.5 Å². The van der Waals surface area contributed by atoms with Crippen LogP contribution in [0.15, 0.2) is 114 Å². The molecule has 4 nitrogen and oxygen atoms in total. The monoisotopic (exact) mass is 724 g/mol. The van der Waals surface area contributed by atoms with E-state index in [9.17, 15) is 0 Å². The minimum atomic E-state index is 0. The Morgan fingerprint density at radius 3 is 2.31 bits per heavy atom. The summed E-state index contributed by atoms with van der Waals surface area (Å²) in [7, 11) is 0. The molecule has 0 N–H and O–H groups in total. The number of fused-ring (bicyclic) bond motifs is 3. The number of benzene rings is 3. The topological polar surface area (TPSA) is 51.8 Å². The van der Waals surface area contributed by atoms with Gasteiger partial charge in [-0.15, -0.1) is 53.6 Å². The smallest absolute Gasteiger partial charge is 0.216 e. The number of hydrogen-bond donors (Lipinski definition) is 0. The molecule has 0 saturated heterocycles. The van der Waals surface area contributed by atoms with Crippen LogP contribution in [0, 0.1) is 32.9 Å². The molecule has 5 heteroatoms. The molecule has 209 valence electrons. The zero-order valence-corrected chi connectivity index (χ0v) is 26.1. The standard InChI is InChI=1S/C23H15N2O.C14H14N.Ir/c1-2-7-16(8-3-1)15-17-12-13-19-18-9-6-10-20(21-11-4-5-14-24-21)22(18)26-23(19)25-17;1-10-4-6-13(7-5-10)14-8-11(2)12(3)9-15-14;/h1-9,11-14H,15H2;4-6,8-9H,1-3H3;/q2*-1;. The summed E-state index contributed by atoms with van der Waals surface area (Å²) >= 11 is 0. The summed E-state index contributed by atoms with van der Waals surface area (Å²) in [5.41, 5.74) is 11.2. The molecule has 0 spiro atoms. The fourth-order valence-electron chi connectivity index (χ4n) is 4.70. The van der Waals surface area contributed by atoms with Crippen LogP contribution >= 0.6 is 0 Å². The number of pyridine rings is 3. The van der Waals surface area contributed by atoms with Crippen LogP contribution in [-0.4, -0.2) is 15.0 Å². The average molecular weight is 724 g/mol. The van der Waals surface area contributed by atoms with Crippen molar-refractivity contribution in [1.29, 1.82) is 0 Å². The van der Waals surface area contributed by atoms with E-state index in [2.05, 4.69) is 85.3 Å². The van der Waals surface area contributed by atoms with Gasteiger partial charge in [-0.3, -0.25) is 0 Å². The summed E-state index contributed by atoms with van der Waals surface area (Å²) in [6.45, 7) is 6.24. The molecule has 1 radical (unpaired) electrons. The molecule has 4 aromatic heterocycles. The van der Waals surface area contributed by atoms with Gasteiger partial charge in [-0.25, -0.2) is 4.98 Å². The molecule has 0 fully saturated rings. The van der Waals surface area contributed by atoms with Gasteiger partial charge in [0.1, 0.15) is 0 Å². The quantitative estimate of drug-likeness (QED) is 0.170. The van der Waals surface area contributed by atoms with Crippen LogP contribution in [0.5, 0.6) is 0 Å². The van der Waals surface area contributed by atoms with Gasteiger partial charge in [-0.1, -0.05) is 72.0 Å². The fraction of sp³-hybridized carbons (Fsp3) is 0.108. The first-order valence-electron chi connectivity index (χ1n) is 13.7. The third-order valence-electron chi connectivity index (χ3n) is 7.12. The molecule has 0 bridgehead atoms. The summed E-state index contributed by atoms with van der Waals surface area (Å²) < 4.78 is 6.13. The number of nitrogens with zero attached hydrogens (tertiary/aromatic N) is 3. The maximum Gasteiger partial charge on any atom is 0.216 e. The molecular weight excluding hydrogens is 695 g/mol. The van der Waals surface area contributed by atoms with E-state index in [1.54, 1.807) is 6.20 Å². The third kappa shape index (κ3) is 6.38. The van der Waals surface area contributed by atoms with Gasteiger partial charge in [0.05, 0.1) is 5.58 Å². The third-order valence-corrected chi connectivity index (χ3v) is 7.12. The van der Waals surface area contributed by atoms with Gasteiger partial charge < -0.3 is 14.4 Å². The number of aromatic nitrogens is 3. The predicted molar refractivity (Wildman–Crippen MR) is 166 cm³/mol. The summed E-state index contributed by atoms with van der Waals surface area (Å²) in [5.74, 6) is 0. The van der Waals surface area contributed by atoms with Crippen molar-refractivity contribution in [3.05, 3.63) is 150 Å². The van der Waals surface area contributed by atoms with Gasteiger partial charge in [0.2, 0.25) is 5.71 Å². The van der Waals surface area contributed by atoms with Gasteiger partial charge in [-0.05, 0) is 54.6 Å². The minimum absolute atomic E-state index is 0. The van der Waals surface area contributed by atoms with Gasteiger partial charge in [0.25, 0.3) is 0 Å². The Morgan fingerprint density at radius 2 is 1.57 bits per heavy atom. The van der Waals surface area contributed by atoms with Crippen LogP contribution in [0.1, 0.15) is 27.9 Å². The van der Waals surface area contributed by atoms with Crippen molar-refractivity contribution in [3.63, 3.8) is 0 Å². The zero-order valence-electron chi connectivity index (χ0n) is 23.7. The van der Waals surface area contributed by atoms with Crippen molar-refractivity contribution in [3.8, 4) is 22.5 Å². The second-order valence-electron chi connectivity index (χ2n) is 10.2. The number of hydrogen-bond acceptors (Lipinski definition) is 4. The van der Waals surface area contributed by atoms with Crippen LogP contribution in [0.2, 0.25) is 0 Å². The van der Waals surface area contributed by atoms with Crippen molar-refractivity contribution in [2.24, 2.45) is 0 Å². The van der Waals surface area contributed by atoms with Gasteiger partial charge in [0.15, 0.2) is 0 Å². The molecule has 0 atom stereocenters. The van der Waals surface area contributed by atoms with Gasteiger partial charge >= 0.3 is 0 Å². The summed E-state index contributed by atoms with van der Waals surface area (Å²) in [4.78, 5) is 13.6. The molecule has 0 aliphatic rings. The molecule has 0 saturated carbocycles. The number of aryl methyl sites for hydroxylation is 3. The Bertz CT molecular complexity index is 1930. The minimum Gasteiger partial charge on any atom is -0.486 e. The summed E-state index contributed by atoms with van der Waals surface area (Å²) in [6.07, 6.45) is 4.48. The maximum absolute atomic E-state index is 6.13. The van der Waals surface area contributed by atoms with Crippen LogP contribution in [0.3, 0.4) is 0 Å². The fourth-order valence-corrected chi connectivity index (χ4v) is 4.70. The molecule has 3 aromatic carbocycles. The van der Waals surface area contributed by atoms with Crippen molar-refractivity contribution < 1.29 is 24.5 Å². The Balaban J connectivity index is 0.000000189. The Labute approximate surface area is 259 Å². The molecule has 7 aromatic rings. The van der Waals surface area contributed by atoms with Gasteiger partial charge in [-0.2, -0.15) is 0 Å². The first kappa shape index (κ1) is 29.1. The van der Waals surface area contributed by atoms with Gasteiger partial charge in [0, 0.05) is 50.0 Å². The first-order chi connectivity index (χ1) is 20.0. The van der Waals surface area contributed by atoms with E-state index >= 15 is 0 Å². The van der Waals surface area contributed by atoms with E-state index in [4.69, 9.17) is 9.40 Å². The van der Waals surface area contributed by atoms with Crippen molar-refractivity contribution in [1.82, 2.24) is 15.0 Å². The van der Waals surface area contributed by atoms with E-state index < -0.39 is 0 Å². The second kappa shape index (κ2) is 13.0. The Morgan fingerprint density at radius 1 is 0.738 bits per heavy atom. The summed E-state index contributed by atoms with van der Waals surface area (Å²) in [6, 6.07) is 39.0. The molecule has 7 rings (SSSR count). The Kier molecular flexibility index (Phi) is 9.02. The molecular formula is C37H29IrN3O-2. The maximum atomic E-state index is 6.13. The first-order valence-corrected chi connectivity index (χ1v) is 13.7. The van der Waals surface area contributed by atoms with Crippen molar-refractivity contribution >= 4 is 22.1 Å². The largest absolute Gasteiger partial charge is 0.486 e. The predicted octanol–water partition coefficient (Wildman–Crippen LogP) is 8.91. The van der Waals surface area contributed by atoms with E-state index in [0.29, 0.717) is 5.71 Å². The molecule has 0 amide bonds. The SMILES string of the molecule is Cc1c[c-]c(-c2cc(C)c(C)cn2)cc1.[Ir].[c-]1ccc2c(oc3nc(Cc4ccccc4)ccc32)c1-c1ccccn1. The van der Waals surface area contributed by atoms with E-state index in [-0.39, 0.29) is 20.1 Å². The Hall–Kier alpha value is -4.44. The molecule has 0 aliphatic heterocycles. The number of furan rings is 1. The molecule has 42 heavy (non-hydrogen) atoms. The van der Waals surface area contributed by atoms with Crippen molar-refractivity contribution in [2.45, 2.75) is 27.2 Å². The second-order valence-corrected chi connectivity index (χ2v) is 10.2. The molecule has 0 unspecified atom stereocenters. The van der Waals surface area contributed by atoms with E-state index in [1.807, 2.05) is 60.8 Å². The van der Waals surface area contributed by atoms with E-state index in [0.717, 1.165) is 51.0 Å². The molecule has 4 heterocycles. The normalized spacial score (nSPS) is 10.6. The average Bonchev–Trinajstić information content (AvgIpc) is 3.38. The van der Waals surface area contributed by atoms with Crippen LogP contribution in [0.4, 0.5) is 0 Å².